The highest BCUT2D eigenvalue weighted by Crippen LogP contribution is 2.41. The van der Waals surface area contributed by atoms with Gasteiger partial charge in [-0.15, -0.1) is 10.2 Å². The van der Waals surface area contributed by atoms with Crippen LogP contribution < -0.4 is 10.1 Å². The average Bonchev–Trinajstić information content (AvgIpc) is 2.83. The van der Waals surface area contributed by atoms with Crippen molar-refractivity contribution in [2.24, 2.45) is 10.2 Å². The van der Waals surface area contributed by atoms with Crippen LogP contribution in [0, 0.1) is 6.92 Å². The lowest BCUT2D eigenvalue weighted by molar-refractivity contribution is 0.102. The number of fused-ring (bicyclic) bond motifs is 1. The largest absolute Gasteiger partial charge is 0.505 e. The van der Waals surface area contributed by atoms with E-state index in [1.807, 2.05) is 0 Å². The Balaban J connectivity index is 1.82. The second-order valence-corrected chi connectivity index (χ2v) is 10.1. The highest BCUT2D eigenvalue weighted by molar-refractivity contribution is 7.85. The fraction of sp³-hybridized carbons (Fsp3) is 0.0800. The zero-order valence-electron chi connectivity index (χ0n) is 19.4. The van der Waals surface area contributed by atoms with Crippen LogP contribution in [0.1, 0.15) is 15.9 Å². The van der Waals surface area contributed by atoms with Gasteiger partial charge in [-0.1, -0.05) is 47.5 Å². The number of halogens is 2. The molecule has 0 heterocycles. The molecule has 190 valence electrons. The first-order valence-electron chi connectivity index (χ1n) is 10.6. The maximum absolute atomic E-state index is 13.2. The molecule has 4 aromatic rings. The summed E-state index contributed by atoms with van der Waals surface area (Å²) in [5.41, 5.74) is 0.284. The Hall–Kier alpha value is -3.70. The Morgan fingerprint density at radius 2 is 1.76 bits per heavy atom. The zero-order chi connectivity index (χ0) is 26.9. The summed E-state index contributed by atoms with van der Waals surface area (Å²) in [7, 11) is -3.10. The summed E-state index contributed by atoms with van der Waals surface area (Å²) < 4.78 is 38.1. The Morgan fingerprint density at radius 3 is 2.46 bits per heavy atom. The molecule has 0 aliphatic carbocycles. The third-order valence-electron chi connectivity index (χ3n) is 5.43. The molecule has 0 aromatic heterocycles. The Bertz CT molecular complexity index is 1690. The van der Waals surface area contributed by atoms with Crippen LogP contribution in [0.25, 0.3) is 10.8 Å². The van der Waals surface area contributed by atoms with Crippen LogP contribution in [0.2, 0.25) is 10.0 Å². The first-order chi connectivity index (χ1) is 17.5. The van der Waals surface area contributed by atoms with Gasteiger partial charge in [0.15, 0.2) is 5.75 Å². The second kappa shape index (κ2) is 10.3. The lowest BCUT2D eigenvalue weighted by atomic mass is 10.0. The number of methoxy groups -OCH3 is 1. The van der Waals surface area contributed by atoms with Crippen LogP contribution in [0.4, 0.5) is 17.1 Å². The molecule has 37 heavy (non-hydrogen) atoms. The third-order valence-corrected chi connectivity index (χ3v) is 6.96. The molecule has 0 saturated heterocycles. The van der Waals surface area contributed by atoms with Crippen molar-refractivity contribution in [1.82, 2.24) is 0 Å². The zero-order valence-corrected chi connectivity index (χ0v) is 21.7. The minimum atomic E-state index is -4.54. The lowest BCUT2D eigenvalue weighted by Gasteiger charge is -2.13. The summed E-state index contributed by atoms with van der Waals surface area (Å²) in [4.78, 5) is 12.8. The number of anilines is 1. The molecule has 0 aliphatic heterocycles. The van der Waals surface area contributed by atoms with Crippen molar-refractivity contribution in [3.8, 4) is 11.5 Å². The van der Waals surface area contributed by atoms with Crippen molar-refractivity contribution >= 4 is 67.1 Å². The van der Waals surface area contributed by atoms with E-state index < -0.39 is 21.8 Å². The summed E-state index contributed by atoms with van der Waals surface area (Å²) in [5, 5.41) is 23.3. The third kappa shape index (κ3) is 5.52. The number of phenolic OH excluding ortho intramolecular Hbond substituents is 1. The molecule has 9 nitrogen and oxygen atoms in total. The van der Waals surface area contributed by atoms with E-state index in [9.17, 15) is 22.9 Å². The molecule has 0 spiro atoms. The van der Waals surface area contributed by atoms with E-state index >= 15 is 0 Å². The van der Waals surface area contributed by atoms with Crippen LogP contribution in [0.3, 0.4) is 0 Å². The molecule has 3 N–H and O–H groups in total. The van der Waals surface area contributed by atoms with Crippen molar-refractivity contribution < 1.29 is 27.6 Å². The van der Waals surface area contributed by atoms with Gasteiger partial charge in [0.2, 0.25) is 0 Å². The van der Waals surface area contributed by atoms with Gasteiger partial charge >= 0.3 is 0 Å². The number of aromatic hydroxyl groups is 1. The first kappa shape index (κ1) is 26.4. The fourth-order valence-electron chi connectivity index (χ4n) is 3.66. The average molecular weight is 560 g/mol. The van der Waals surface area contributed by atoms with Crippen LogP contribution in [-0.4, -0.2) is 31.1 Å². The SMILES string of the molecule is COc1ccc(Cl)cc1NC(=O)c1cc2ccccc2c(N=Nc2cc(S(=O)(=O)O)c(C)cc2Cl)c1O. The number of rotatable bonds is 6. The maximum Gasteiger partial charge on any atom is 0.294 e. The maximum atomic E-state index is 13.2. The minimum Gasteiger partial charge on any atom is -0.505 e. The molecule has 0 saturated carbocycles. The summed E-state index contributed by atoms with van der Waals surface area (Å²) in [5.74, 6) is -0.775. The highest BCUT2D eigenvalue weighted by atomic mass is 35.5. The predicted molar refractivity (Wildman–Crippen MR) is 142 cm³/mol. The van der Waals surface area contributed by atoms with Gasteiger partial charge < -0.3 is 15.2 Å². The fourth-order valence-corrected chi connectivity index (χ4v) is 4.81. The van der Waals surface area contributed by atoms with Gasteiger partial charge in [-0.3, -0.25) is 9.35 Å². The van der Waals surface area contributed by atoms with Gasteiger partial charge in [-0.2, -0.15) is 8.42 Å². The number of azo groups is 1. The summed E-state index contributed by atoms with van der Waals surface area (Å²) in [6, 6.07) is 15.4. The number of ether oxygens (including phenoxy) is 1. The first-order valence-corrected chi connectivity index (χ1v) is 12.8. The Labute approximate surface area is 222 Å². The molecule has 0 atom stereocenters. The molecule has 4 rings (SSSR count). The van der Waals surface area contributed by atoms with Crippen LogP contribution in [0.5, 0.6) is 11.5 Å². The van der Waals surface area contributed by atoms with Crippen molar-refractivity contribution in [1.29, 1.82) is 0 Å². The topological polar surface area (TPSA) is 138 Å². The lowest BCUT2D eigenvalue weighted by Crippen LogP contribution is -2.13. The van der Waals surface area contributed by atoms with Gasteiger partial charge in [-0.25, -0.2) is 0 Å². The molecule has 0 unspecified atom stereocenters. The van der Waals surface area contributed by atoms with Gasteiger partial charge in [0.25, 0.3) is 16.0 Å². The number of benzene rings is 4. The van der Waals surface area contributed by atoms with Crippen LogP contribution >= 0.6 is 23.2 Å². The van der Waals surface area contributed by atoms with Crippen LogP contribution in [-0.2, 0) is 10.1 Å². The van der Waals surface area contributed by atoms with E-state index in [-0.39, 0.29) is 32.4 Å². The quantitative estimate of drug-likeness (QED) is 0.170. The number of phenols is 1. The number of carbonyl (C=O) groups is 1. The van der Waals surface area contributed by atoms with E-state index in [1.165, 1.54) is 32.2 Å². The molecule has 0 aliphatic rings. The number of nitrogens with zero attached hydrogens (tertiary/aromatic N) is 2. The standard InChI is InChI=1S/C25H19Cl2N3O6S/c1-13-9-18(27)19(12-22(13)37(33,34)35)29-30-23-16-6-4-3-5-14(16)10-17(24(23)31)25(32)28-20-11-15(26)7-8-21(20)36-2/h3-12,31H,1-2H3,(H,28,32)(H,33,34,35). The van der Waals surface area contributed by atoms with Crippen molar-refractivity contribution in [2.45, 2.75) is 11.8 Å². The number of aryl methyl sites for hydroxylation is 1. The predicted octanol–water partition coefficient (Wildman–Crippen LogP) is 7.08. The number of nitrogens with one attached hydrogen (secondary N) is 1. The van der Waals surface area contributed by atoms with E-state index in [1.54, 1.807) is 36.4 Å². The van der Waals surface area contributed by atoms with Crippen molar-refractivity contribution in [2.75, 3.05) is 12.4 Å². The molecule has 1 amide bonds. The van der Waals surface area contributed by atoms with E-state index in [4.69, 9.17) is 27.9 Å². The molecule has 0 bridgehead atoms. The number of hydrogen-bond donors (Lipinski definition) is 3. The van der Waals surface area contributed by atoms with Crippen LogP contribution in [0.15, 0.2) is 75.8 Å². The second-order valence-electron chi connectivity index (χ2n) is 7.89. The van der Waals surface area contributed by atoms with Gasteiger partial charge in [0.05, 0.1) is 28.3 Å². The summed E-state index contributed by atoms with van der Waals surface area (Å²) >= 11 is 12.3. The molecular formula is C25H19Cl2N3O6S. The number of hydrogen-bond acceptors (Lipinski definition) is 7. The van der Waals surface area contributed by atoms with E-state index in [0.29, 0.717) is 27.2 Å². The smallest absolute Gasteiger partial charge is 0.294 e. The van der Waals surface area contributed by atoms with Gasteiger partial charge in [0.1, 0.15) is 17.1 Å². The van der Waals surface area contributed by atoms with Gasteiger partial charge in [-0.05, 0) is 54.3 Å². The molecule has 4 aromatic carbocycles. The van der Waals surface area contributed by atoms with E-state index in [2.05, 4.69) is 15.5 Å². The normalized spacial score (nSPS) is 11.7. The number of carbonyl (C=O) groups excluding carboxylic acids is 1. The van der Waals surface area contributed by atoms with Crippen molar-refractivity contribution in [3.05, 3.63) is 81.8 Å². The molecule has 0 fully saturated rings. The molecule has 0 radical (unpaired) electrons. The van der Waals surface area contributed by atoms with E-state index in [0.717, 1.165) is 6.07 Å². The molecular weight excluding hydrogens is 541 g/mol. The van der Waals surface area contributed by atoms with Gasteiger partial charge in [0, 0.05) is 10.4 Å². The monoisotopic (exact) mass is 559 g/mol. The Morgan fingerprint density at radius 1 is 1.03 bits per heavy atom. The molecule has 12 heteroatoms. The Kier molecular flexibility index (Phi) is 7.37. The summed E-state index contributed by atoms with van der Waals surface area (Å²) in [6.07, 6.45) is 0. The highest BCUT2D eigenvalue weighted by Gasteiger charge is 2.21. The van der Waals surface area contributed by atoms with Crippen molar-refractivity contribution in [3.63, 3.8) is 0 Å². The number of amides is 1. The summed E-state index contributed by atoms with van der Waals surface area (Å²) in [6.45, 7) is 1.46. The minimum absolute atomic E-state index is 0.0497.